The average Bonchev–Trinajstić information content (AvgIpc) is 2.73. The molecule has 0 saturated carbocycles. The van der Waals surface area contributed by atoms with Gasteiger partial charge in [0.25, 0.3) is 0 Å². The summed E-state index contributed by atoms with van der Waals surface area (Å²) in [5, 5.41) is 2.94. The van der Waals surface area contributed by atoms with E-state index in [1.165, 1.54) is 5.56 Å². The largest absolute Gasteiger partial charge is 0.493 e. The third-order valence-electron chi connectivity index (χ3n) is 4.37. The SMILES string of the molecule is C#CCOc1ccc(CCNC(=O)[C@@H](CCc2ccccc2)OC)cc1OC. The van der Waals surface area contributed by atoms with Gasteiger partial charge in [0.1, 0.15) is 12.7 Å². The van der Waals surface area contributed by atoms with Gasteiger partial charge >= 0.3 is 0 Å². The van der Waals surface area contributed by atoms with Gasteiger partial charge in [-0.25, -0.2) is 0 Å². The molecule has 0 aliphatic heterocycles. The van der Waals surface area contributed by atoms with E-state index in [1.807, 2.05) is 36.4 Å². The zero-order valence-corrected chi connectivity index (χ0v) is 16.4. The predicted molar refractivity (Wildman–Crippen MR) is 110 cm³/mol. The summed E-state index contributed by atoms with van der Waals surface area (Å²) in [6, 6.07) is 15.7. The number of hydrogen-bond acceptors (Lipinski definition) is 4. The molecular formula is C23H27NO4. The number of rotatable bonds is 11. The van der Waals surface area contributed by atoms with Crippen LogP contribution in [0.4, 0.5) is 0 Å². The Morgan fingerprint density at radius 3 is 2.54 bits per heavy atom. The van der Waals surface area contributed by atoms with Crippen molar-refractivity contribution < 1.29 is 19.0 Å². The lowest BCUT2D eigenvalue weighted by atomic mass is 10.1. The van der Waals surface area contributed by atoms with Gasteiger partial charge in [-0.3, -0.25) is 4.79 Å². The van der Waals surface area contributed by atoms with Crippen molar-refractivity contribution in [3.63, 3.8) is 0 Å². The number of terminal acetylenes is 1. The van der Waals surface area contributed by atoms with E-state index in [9.17, 15) is 4.79 Å². The van der Waals surface area contributed by atoms with Gasteiger partial charge in [0.05, 0.1) is 7.11 Å². The van der Waals surface area contributed by atoms with Gasteiger partial charge in [-0.15, -0.1) is 6.42 Å². The van der Waals surface area contributed by atoms with Crippen molar-refractivity contribution in [2.45, 2.75) is 25.4 Å². The minimum Gasteiger partial charge on any atom is -0.493 e. The van der Waals surface area contributed by atoms with E-state index in [4.69, 9.17) is 20.6 Å². The molecule has 1 N–H and O–H groups in total. The van der Waals surface area contributed by atoms with Gasteiger partial charge < -0.3 is 19.5 Å². The lowest BCUT2D eigenvalue weighted by Crippen LogP contribution is -2.37. The quantitative estimate of drug-likeness (QED) is 0.608. The Morgan fingerprint density at radius 2 is 1.86 bits per heavy atom. The smallest absolute Gasteiger partial charge is 0.249 e. The highest BCUT2D eigenvalue weighted by Gasteiger charge is 2.17. The number of ether oxygens (including phenoxy) is 3. The van der Waals surface area contributed by atoms with Crippen molar-refractivity contribution >= 4 is 5.91 Å². The fraction of sp³-hybridized carbons (Fsp3) is 0.348. The molecule has 0 aliphatic rings. The first-order chi connectivity index (χ1) is 13.7. The van der Waals surface area contributed by atoms with E-state index < -0.39 is 6.10 Å². The first-order valence-electron chi connectivity index (χ1n) is 9.25. The molecule has 28 heavy (non-hydrogen) atoms. The maximum absolute atomic E-state index is 12.4. The summed E-state index contributed by atoms with van der Waals surface area (Å²) in [7, 11) is 3.15. The summed E-state index contributed by atoms with van der Waals surface area (Å²) in [6.45, 7) is 0.699. The van der Waals surface area contributed by atoms with Crippen LogP contribution < -0.4 is 14.8 Å². The third-order valence-corrected chi connectivity index (χ3v) is 4.37. The van der Waals surface area contributed by atoms with E-state index in [0.29, 0.717) is 30.9 Å². The Kier molecular flexibility index (Phi) is 8.90. The van der Waals surface area contributed by atoms with Crippen LogP contribution in [0.1, 0.15) is 17.5 Å². The molecule has 5 nitrogen and oxygen atoms in total. The molecule has 148 valence electrons. The molecule has 2 aromatic carbocycles. The highest BCUT2D eigenvalue weighted by Crippen LogP contribution is 2.28. The topological polar surface area (TPSA) is 56.8 Å². The second-order valence-electron chi connectivity index (χ2n) is 6.27. The molecule has 1 amide bonds. The molecule has 0 aromatic heterocycles. The number of amides is 1. The van der Waals surface area contributed by atoms with Crippen LogP contribution in [0.2, 0.25) is 0 Å². The molecule has 5 heteroatoms. The fourth-order valence-electron chi connectivity index (χ4n) is 2.85. The molecule has 0 saturated heterocycles. The van der Waals surface area contributed by atoms with E-state index in [1.54, 1.807) is 14.2 Å². The zero-order valence-electron chi connectivity index (χ0n) is 16.4. The van der Waals surface area contributed by atoms with Gasteiger partial charge in [-0.05, 0) is 42.5 Å². The predicted octanol–water partition coefficient (Wildman–Crippen LogP) is 3.01. The van der Waals surface area contributed by atoms with Crippen LogP contribution in [0, 0.1) is 12.3 Å². The molecule has 0 heterocycles. The van der Waals surface area contributed by atoms with Gasteiger partial charge in [0.15, 0.2) is 11.5 Å². The van der Waals surface area contributed by atoms with Gasteiger partial charge in [-0.1, -0.05) is 42.3 Å². The Hall–Kier alpha value is -2.97. The van der Waals surface area contributed by atoms with Crippen LogP contribution in [0.3, 0.4) is 0 Å². The zero-order chi connectivity index (χ0) is 20.2. The van der Waals surface area contributed by atoms with Crippen molar-refractivity contribution in [2.24, 2.45) is 0 Å². The van der Waals surface area contributed by atoms with Gasteiger partial charge in [0, 0.05) is 13.7 Å². The van der Waals surface area contributed by atoms with Crippen LogP contribution in [0.15, 0.2) is 48.5 Å². The minimum absolute atomic E-state index is 0.0978. The van der Waals surface area contributed by atoms with Gasteiger partial charge in [-0.2, -0.15) is 0 Å². The number of aryl methyl sites for hydroxylation is 1. The number of methoxy groups -OCH3 is 2. The van der Waals surface area contributed by atoms with E-state index in [-0.39, 0.29) is 12.5 Å². The van der Waals surface area contributed by atoms with Crippen molar-refractivity contribution in [3.05, 3.63) is 59.7 Å². The molecule has 1 atom stereocenters. The van der Waals surface area contributed by atoms with Crippen molar-refractivity contribution in [1.82, 2.24) is 5.32 Å². The number of nitrogens with one attached hydrogen (secondary N) is 1. The van der Waals surface area contributed by atoms with E-state index in [0.717, 1.165) is 12.0 Å². The summed E-state index contributed by atoms with van der Waals surface area (Å²) in [5.74, 6) is 3.56. The van der Waals surface area contributed by atoms with Crippen LogP contribution in [-0.4, -0.2) is 39.4 Å². The molecule has 0 aliphatic carbocycles. The van der Waals surface area contributed by atoms with Crippen molar-refractivity contribution in [3.8, 4) is 23.8 Å². The van der Waals surface area contributed by atoms with Crippen molar-refractivity contribution in [1.29, 1.82) is 0 Å². The maximum Gasteiger partial charge on any atom is 0.249 e. The number of carbonyl (C=O) groups excluding carboxylic acids is 1. The summed E-state index contributed by atoms with van der Waals surface area (Å²) >= 11 is 0. The number of hydrogen-bond donors (Lipinski definition) is 1. The first kappa shape index (κ1) is 21.3. The monoisotopic (exact) mass is 381 g/mol. The Balaban J connectivity index is 1.82. The molecule has 0 bridgehead atoms. The normalized spacial score (nSPS) is 11.3. The molecule has 0 fully saturated rings. The summed E-state index contributed by atoms with van der Waals surface area (Å²) in [5.41, 5.74) is 2.22. The standard InChI is InChI=1S/C23H27NO4/c1-4-16-28-20-12-11-19(17-22(20)27-3)14-15-24-23(25)21(26-2)13-10-18-8-6-5-7-9-18/h1,5-9,11-12,17,21H,10,13-16H2,2-3H3,(H,24,25)/t21-/m1/s1. The second-order valence-corrected chi connectivity index (χ2v) is 6.27. The number of carbonyl (C=O) groups is 1. The fourth-order valence-corrected chi connectivity index (χ4v) is 2.85. The number of benzene rings is 2. The molecule has 0 radical (unpaired) electrons. The molecule has 2 rings (SSSR count). The highest BCUT2D eigenvalue weighted by molar-refractivity contribution is 5.80. The van der Waals surface area contributed by atoms with Crippen LogP contribution in [-0.2, 0) is 22.4 Å². The van der Waals surface area contributed by atoms with Crippen LogP contribution >= 0.6 is 0 Å². The van der Waals surface area contributed by atoms with Crippen LogP contribution in [0.5, 0.6) is 11.5 Å². The highest BCUT2D eigenvalue weighted by atomic mass is 16.5. The van der Waals surface area contributed by atoms with Crippen LogP contribution in [0.25, 0.3) is 0 Å². The second kappa shape index (κ2) is 11.7. The van der Waals surface area contributed by atoms with E-state index in [2.05, 4.69) is 23.4 Å². The molecule has 0 unspecified atom stereocenters. The average molecular weight is 381 g/mol. The third kappa shape index (κ3) is 6.64. The Bertz CT molecular complexity index is 783. The summed E-state index contributed by atoms with van der Waals surface area (Å²) < 4.78 is 16.1. The summed E-state index contributed by atoms with van der Waals surface area (Å²) in [6.07, 6.45) is 6.86. The first-order valence-corrected chi connectivity index (χ1v) is 9.25. The molecular weight excluding hydrogens is 354 g/mol. The Morgan fingerprint density at radius 1 is 1.07 bits per heavy atom. The van der Waals surface area contributed by atoms with Crippen molar-refractivity contribution in [2.75, 3.05) is 27.4 Å². The lowest BCUT2D eigenvalue weighted by Gasteiger charge is -2.16. The Labute approximate surface area is 167 Å². The molecule has 2 aromatic rings. The minimum atomic E-state index is -0.464. The lowest BCUT2D eigenvalue weighted by molar-refractivity contribution is -0.131. The van der Waals surface area contributed by atoms with E-state index >= 15 is 0 Å². The van der Waals surface area contributed by atoms with Gasteiger partial charge in [0.2, 0.25) is 5.91 Å². The maximum atomic E-state index is 12.4. The summed E-state index contributed by atoms with van der Waals surface area (Å²) in [4.78, 5) is 12.4. The molecule has 0 spiro atoms.